The maximum absolute atomic E-state index is 11.1. The summed E-state index contributed by atoms with van der Waals surface area (Å²) in [6.45, 7) is 4.59. The second-order valence-electron chi connectivity index (χ2n) is 6.08. The Labute approximate surface area is 99.7 Å². The number of rotatable bonds is 4. The number of nitrogens with two attached hydrogens (primary N) is 1. The lowest BCUT2D eigenvalue weighted by atomic mass is 9.71. The lowest BCUT2D eigenvalue weighted by molar-refractivity contribution is 0.172. The van der Waals surface area contributed by atoms with Gasteiger partial charge in [0.2, 0.25) is 0 Å². The van der Waals surface area contributed by atoms with Gasteiger partial charge in [-0.2, -0.15) is 0 Å². The van der Waals surface area contributed by atoms with Crippen molar-refractivity contribution in [3.63, 3.8) is 0 Å². The van der Waals surface area contributed by atoms with Gasteiger partial charge in [0.1, 0.15) is 9.84 Å². The van der Waals surface area contributed by atoms with Crippen molar-refractivity contribution in [1.29, 1.82) is 0 Å². The number of sulfone groups is 1. The molecule has 1 rings (SSSR count). The fraction of sp³-hybridized carbons (Fsp3) is 1.00. The highest BCUT2D eigenvalue weighted by Crippen LogP contribution is 2.39. The van der Waals surface area contributed by atoms with Gasteiger partial charge in [0.05, 0.1) is 5.75 Å². The maximum atomic E-state index is 11.1. The van der Waals surface area contributed by atoms with Crippen molar-refractivity contribution in [3.8, 4) is 0 Å². The zero-order valence-corrected chi connectivity index (χ0v) is 11.5. The van der Waals surface area contributed by atoms with E-state index in [-0.39, 0.29) is 11.8 Å². The molecule has 0 bridgehead atoms. The van der Waals surface area contributed by atoms with Crippen molar-refractivity contribution < 1.29 is 8.42 Å². The Hall–Kier alpha value is -0.0900. The Kier molecular flexibility index (Phi) is 4.41. The normalized spacial score (nSPS) is 24.2. The summed E-state index contributed by atoms with van der Waals surface area (Å²) in [6.07, 6.45) is 6.62. The van der Waals surface area contributed by atoms with E-state index in [2.05, 4.69) is 13.8 Å². The number of hydrogen-bond acceptors (Lipinski definition) is 3. The van der Waals surface area contributed by atoms with Crippen LogP contribution in [0.25, 0.3) is 0 Å². The molecule has 1 unspecified atom stereocenters. The summed E-state index contributed by atoms with van der Waals surface area (Å²) in [4.78, 5) is 0. The number of hydrogen-bond donors (Lipinski definition) is 1. The molecule has 0 heterocycles. The molecule has 0 spiro atoms. The molecular weight excluding hydrogens is 222 g/mol. The Morgan fingerprint density at radius 1 is 1.31 bits per heavy atom. The van der Waals surface area contributed by atoms with Gasteiger partial charge >= 0.3 is 0 Å². The van der Waals surface area contributed by atoms with E-state index in [0.717, 1.165) is 12.8 Å². The molecule has 0 saturated heterocycles. The van der Waals surface area contributed by atoms with Gasteiger partial charge < -0.3 is 5.73 Å². The first kappa shape index (κ1) is 14.0. The first-order chi connectivity index (χ1) is 7.20. The van der Waals surface area contributed by atoms with E-state index in [0.29, 0.717) is 17.8 Å². The van der Waals surface area contributed by atoms with Crippen LogP contribution in [0.3, 0.4) is 0 Å². The third kappa shape index (κ3) is 4.83. The van der Waals surface area contributed by atoms with Crippen molar-refractivity contribution in [3.05, 3.63) is 0 Å². The molecule has 0 aliphatic heterocycles. The minimum atomic E-state index is -2.86. The van der Waals surface area contributed by atoms with Gasteiger partial charge in [-0.05, 0) is 43.4 Å². The van der Waals surface area contributed by atoms with Gasteiger partial charge in [-0.15, -0.1) is 0 Å². The van der Waals surface area contributed by atoms with Crippen molar-refractivity contribution in [2.45, 2.75) is 52.0 Å². The quantitative estimate of drug-likeness (QED) is 0.826. The SMILES string of the molecule is CC1(C)CCC(C(N)CCS(C)(=O)=O)CC1. The molecule has 0 aromatic carbocycles. The molecule has 0 amide bonds. The fourth-order valence-corrected chi connectivity index (χ4v) is 3.14. The van der Waals surface area contributed by atoms with Crippen LogP contribution in [0.1, 0.15) is 46.0 Å². The van der Waals surface area contributed by atoms with Crippen LogP contribution in [0, 0.1) is 11.3 Å². The van der Waals surface area contributed by atoms with E-state index in [1.54, 1.807) is 0 Å². The summed E-state index contributed by atoms with van der Waals surface area (Å²) in [5.41, 5.74) is 6.53. The molecule has 96 valence electrons. The molecular formula is C12H25NO2S. The molecule has 16 heavy (non-hydrogen) atoms. The second-order valence-corrected chi connectivity index (χ2v) is 8.34. The van der Waals surface area contributed by atoms with Crippen molar-refractivity contribution in [2.75, 3.05) is 12.0 Å². The van der Waals surface area contributed by atoms with Gasteiger partial charge in [-0.25, -0.2) is 8.42 Å². The highest BCUT2D eigenvalue weighted by Gasteiger charge is 2.29. The largest absolute Gasteiger partial charge is 0.327 e. The van der Waals surface area contributed by atoms with Crippen LogP contribution in [-0.2, 0) is 9.84 Å². The molecule has 0 aromatic rings. The zero-order valence-electron chi connectivity index (χ0n) is 10.7. The molecule has 4 heteroatoms. The van der Waals surface area contributed by atoms with E-state index in [4.69, 9.17) is 5.73 Å². The highest BCUT2D eigenvalue weighted by molar-refractivity contribution is 7.90. The van der Waals surface area contributed by atoms with Gasteiger partial charge in [-0.3, -0.25) is 0 Å². The first-order valence-corrected chi connectivity index (χ1v) is 8.19. The highest BCUT2D eigenvalue weighted by atomic mass is 32.2. The van der Waals surface area contributed by atoms with Crippen molar-refractivity contribution in [1.82, 2.24) is 0 Å². The van der Waals surface area contributed by atoms with Crippen LogP contribution in [0.4, 0.5) is 0 Å². The summed E-state index contributed by atoms with van der Waals surface area (Å²) >= 11 is 0. The molecule has 1 aliphatic rings. The smallest absolute Gasteiger partial charge is 0.147 e. The average molecular weight is 247 g/mol. The van der Waals surface area contributed by atoms with Crippen LogP contribution in [0.15, 0.2) is 0 Å². The Bertz CT molecular complexity index is 312. The summed E-state index contributed by atoms with van der Waals surface area (Å²) < 4.78 is 22.1. The van der Waals surface area contributed by atoms with E-state index >= 15 is 0 Å². The van der Waals surface area contributed by atoms with Crippen LogP contribution in [-0.4, -0.2) is 26.5 Å². The minimum Gasteiger partial charge on any atom is -0.327 e. The Morgan fingerprint density at radius 2 is 1.81 bits per heavy atom. The fourth-order valence-electron chi connectivity index (χ4n) is 2.44. The van der Waals surface area contributed by atoms with Gasteiger partial charge in [-0.1, -0.05) is 13.8 Å². The summed E-state index contributed by atoms with van der Waals surface area (Å²) in [5.74, 6) is 0.753. The molecule has 0 aromatic heterocycles. The lowest BCUT2D eigenvalue weighted by Gasteiger charge is -2.36. The topological polar surface area (TPSA) is 60.2 Å². The summed E-state index contributed by atoms with van der Waals surface area (Å²) in [6, 6.07) is 0.0609. The molecule has 1 aliphatic carbocycles. The molecule has 2 N–H and O–H groups in total. The standard InChI is InChI=1S/C12H25NO2S/c1-12(2)7-4-10(5-8-12)11(13)6-9-16(3,14)15/h10-11H,4-9,13H2,1-3H3. The summed E-state index contributed by atoms with van der Waals surface area (Å²) in [5, 5.41) is 0. The van der Waals surface area contributed by atoms with E-state index in [1.165, 1.54) is 19.1 Å². The molecule has 3 nitrogen and oxygen atoms in total. The predicted molar refractivity (Wildman–Crippen MR) is 68.0 cm³/mol. The Morgan fingerprint density at radius 3 is 2.25 bits per heavy atom. The molecule has 1 saturated carbocycles. The van der Waals surface area contributed by atoms with Crippen LogP contribution < -0.4 is 5.73 Å². The monoisotopic (exact) mass is 247 g/mol. The van der Waals surface area contributed by atoms with Gasteiger partial charge in [0.15, 0.2) is 0 Å². The third-order valence-corrected chi connectivity index (χ3v) is 4.79. The van der Waals surface area contributed by atoms with Crippen molar-refractivity contribution in [2.24, 2.45) is 17.1 Å². The van der Waals surface area contributed by atoms with Crippen LogP contribution in [0.2, 0.25) is 0 Å². The predicted octanol–water partition coefficient (Wildman–Crippen LogP) is 1.96. The maximum Gasteiger partial charge on any atom is 0.147 e. The Balaban J connectivity index is 2.36. The van der Waals surface area contributed by atoms with Crippen LogP contribution in [0.5, 0.6) is 0 Å². The van der Waals surface area contributed by atoms with E-state index in [9.17, 15) is 8.42 Å². The van der Waals surface area contributed by atoms with Gasteiger partial charge in [0, 0.05) is 12.3 Å². The minimum absolute atomic E-state index is 0.0609. The lowest BCUT2D eigenvalue weighted by Crippen LogP contribution is -2.36. The van der Waals surface area contributed by atoms with E-state index < -0.39 is 9.84 Å². The molecule has 1 fully saturated rings. The second kappa shape index (κ2) is 5.05. The molecule has 0 radical (unpaired) electrons. The van der Waals surface area contributed by atoms with Crippen molar-refractivity contribution >= 4 is 9.84 Å². The zero-order chi connectivity index (χ0) is 12.4. The molecule has 1 atom stereocenters. The third-order valence-electron chi connectivity index (χ3n) is 3.81. The van der Waals surface area contributed by atoms with Crippen LogP contribution >= 0.6 is 0 Å². The van der Waals surface area contributed by atoms with Gasteiger partial charge in [0.25, 0.3) is 0 Å². The first-order valence-electron chi connectivity index (χ1n) is 6.13. The summed E-state index contributed by atoms with van der Waals surface area (Å²) in [7, 11) is -2.86. The average Bonchev–Trinajstić information content (AvgIpc) is 2.13. The van der Waals surface area contributed by atoms with E-state index in [1.807, 2.05) is 0 Å².